The van der Waals surface area contributed by atoms with Gasteiger partial charge in [0.25, 0.3) is 0 Å². The lowest BCUT2D eigenvalue weighted by Gasteiger charge is -2.02. The maximum Gasteiger partial charge on any atom is 0.152 e. The van der Waals surface area contributed by atoms with E-state index in [1.807, 2.05) is 22.9 Å². The van der Waals surface area contributed by atoms with Gasteiger partial charge in [-0.25, -0.2) is 4.98 Å². The van der Waals surface area contributed by atoms with E-state index in [-0.39, 0.29) is 0 Å². The Bertz CT molecular complexity index is 566. The summed E-state index contributed by atoms with van der Waals surface area (Å²) in [5, 5.41) is 9.35. The van der Waals surface area contributed by atoms with Crippen molar-refractivity contribution in [2.45, 2.75) is 25.8 Å². The van der Waals surface area contributed by atoms with Crippen molar-refractivity contribution in [1.29, 1.82) is 5.26 Å². The van der Waals surface area contributed by atoms with Gasteiger partial charge in [-0.2, -0.15) is 5.26 Å². The first-order valence-electron chi connectivity index (χ1n) is 5.63. The van der Waals surface area contributed by atoms with Crippen molar-refractivity contribution in [2.24, 2.45) is 0 Å². The van der Waals surface area contributed by atoms with Gasteiger partial charge in [0, 0.05) is 36.3 Å². The van der Waals surface area contributed by atoms with E-state index in [2.05, 4.69) is 11.1 Å². The van der Waals surface area contributed by atoms with Crippen LogP contribution in [-0.4, -0.2) is 15.8 Å². The largest absolute Gasteiger partial charge is 0.332 e. The standard InChI is InChI=1S/C13H13N3O/c14-6-2-1-3-8-16-9-11(10-17)12-5-4-7-15-13(12)16/h4-5,7,9-10H,1-3,8H2. The molecular weight excluding hydrogens is 214 g/mol. The lowest BCUT2D eigenvalue weighted by molar-refractivity contribution is 0.112. The minimum atomic E-state index is 0.577. The Morgan fingerprint density at radius 1 is 1.47 bits per heavy atom. The van der Waals surface area contributed by atoms with Crippen LogP contribution in [0.4, 0.5) is 0 Å². The molecule has 0 aliphatic heterocycles. The fourth-order valence-corrected chi connectivity index (χ4v) is 1.90. The Morgan fingerprint density at radius 2 is 2.35 bits per heavy atom. The first-order chi connectivity index (χ1) is 8.36. The number of rotatable bonds is 5. The van der Waals surface area contributed by atoms with E-state index in [1.54, 1.807) is 6.20 Å². The number of nitriles is 1. The van der Waals surface area contributed by atoms with Gasteiger partial charge in [0.05, 0.1) is 6.07 Å². The van der Waals surface area contributed by atoms with Crippen LogP contribution in [0.1, 0.15) is 29.6 Å². The van der Waals surface area contributed by atoms with Crippen molar-refractivity contribution in [2.75, 3.05) is 0 Å². The van der Waals surface area contributed by atoms with Crippen LogP contribution in [0, 0.1) is 11.3 Å². The van der Waals surface area contributed by atoms with E-state index in [1.165, 1.54) is 0 Å². The second-order valence-electron chi connectivity index (χ2n) is 3.89. The predicted molar refractivity (Wildman–Crippen MR) is 64.6 cm³/mol. The SMILES string of the molecule is N#CCCCCn1cc(C=O)c2cccnc21. The normalized spacial score (nSPS) is 10.3. The van der Waals surface area contributed by atoms with Crippen LogP contribution < -0.4 is 0 Å². The summed E-state index contributed by atoms with van der Waals surface area (Å²) in [6.45, 7) is 0.795. The fourth-order valence-electron chi connectivity index (χ4n) is 1.90. The van der Waals surface area contributed by atoms with E-state index in [0.29, 0.717) is 12.0 Å². The molecule has 86 valence electrons. The van der Waals surface area contributed by atoms with Gasteiger partial charge in [-0.3, -0.25) is 4.79 Å². The lowest BCUT2D eigenvalue weighted by Crippen LogP contribution is -1.97. The molecule has 0 saturated carbocycles. The highest BCUT2D eigenvalue weighted by atomic mass is 16.1. The smallest absolute Gasteiger partial charge is 0.152 e. The number of fused-ring (bicyclic) bond motifs is 1. The van der Waals surface area contributed by atoms with Crippen LogP contribution in [0.5, 0.6) is 0 Å². The van der Waals surface area contributed by atoms with Gasteiger partial charge in [0.1, 0.15) is 5.65 Å². The van der Waals surface area contributed by atoms with Gasteiger partial charge in [0.15, 0.2) is 6.29 Å². The number of pyridine rings is 1. The number of aldehydes is 1. The van der Waals surface area contributed by atoms with Crippen molar-refractivity contribution in [1.82, 2.24) is 9.55 Å². The molecule has 0 spiro atoms. The molecule has 17 heavy (non-hydrogen) atoms. The molecule has 0 aliphatic carbocycles. The minimum absolute atomic E-state index is 0.577. The predicted octanol–water partition coefficient (Wildman–Crippen LogP) is 2.54. The highest BCUT2D eigenvalue weighted by Crippen LogP contribution is 2.18. The third-order valence-corrected chi connectivity index (χ3v) is 2.73. The molecule has 2 rings (SSSR count). The highest BCUT2D eigenvalue weighted by Gasteiger charge is 2.07. The molecule has 0 fully saturated rings. The number of aryl methyl sites for hydroxylation is 1. The van der Waals surface area contributed by atoms with E-state index in [4.69, 9.17) is 5.26 Å². The molecule has 0 atom stereocenters. The Balaban J connectivity index is 2.22. The summed E-state index contributed by atoms with van der Waals surface area (Å²) in [5.74, 6) is 0. The summed E-state index contributed by atoms with van der Waals surface area (Å²) >= 11 is 0. The molecule has 2 aromatic heterocycles. The average Bonchev–Trinajstić information content (AvgIpc) is 2.73. The molecule has 0 bridgehead atoms. The number of carbonyl (C=O) groups excluding carboxylic acids is 1. The second kappa shape index (κ2) is 5.26. The van der Waals surface area contributed by atoms with Gasteiger partial charge < -0.3 is 4.57 Å². The van der Waals surface area contributed by atoms with Gasteiger partial charge in [0.2, 0.25) is 0 Å². The van der Waals surface area contributed by atoms with Crippen molar-refractivity contribution >= 4 is 17.3 Å². The third kappa shape index (κ3) is 2.34. The third-order valence-electron chi connectivity index (χ3n) is 2.73. The van der Waals surface area contributed by atoms with Crippen LogP contribution in [0.3, 0.4) is 0 Å². The van der Waals surface area contributed by atoms with Crippen LogP contribution >= 0.6 is 0 Å². The molecule has 0 unspecified atom stereocenters. The van der Waals surface area contributed by atoms with Gasteiger partial charge in [-0.15, -0.1) is 0 Å². The number of nitrogens with zero attached hydrogens (tertiary/aromatic N) is 3. The second-order valence-corrected chi connectivity index (χ2v) is 3.89. The van der Waals surface area contributed by atoms with Gasteiger partial charge in [-0.1, -0.05) is 0 Å². The monoisotopic (exact) mass is 227 g/mol. The molecule has 0 saturated heterocycles. The van der Waals surface area contributed by atoms with E-state index < -0.39 is 0 Å². The summed E-state index contributed by atoms with van der Waals surface area (Å²) in [6, 6.07) is 5.86. The topological polar surface area (TPSA) is 58.7 Å². The molecule has 0 aliphatic rings. The summed E-state index contributed by atoms with van der Waals surface area (Å²) in [7, 11) is 0. The molecule has 0 N–H and O–H groups in total. The first-order valence-corrected chi connectivity index (χ1v) is 5.63. The van der Waals surface area contributed by atoms with E-state index >= 15 is 0 Å². The number of hydrogen-bond donors (Lipinski definition) is 0. The van der Waals surface area contributed by atoms with Crippen LogP contribution in [0.25, 0.3) is 11.0 Å². The molecule has 4 nitrogen and oxygen atoms in total. The Morgan fingerprint density at radius 3 is 3.12 bits per heavy atom. The van der Waals surface area contributed by atoms with E-state index in [9.17, 15) is 4.79 Å². The number of unbranched alkanes of at least 4 members (excludes halogenated alkanes) is 2. The zero-order chi connectivity index (χ0) is 12.1. The quantitative estimate of drug-likeness (QED) is 0.582. The van der Waals surface area contributed by atoms with Crippen molar-refractivity contribution in [3.63, 3.8) is 0 Å². The van der Waals surface area contributed by atoms with Gasteiger partial charge in [-0.05, 0) is 25.0 Å². The van der Waals surface area contributed by atoms with Gasteiger partial charge >= 0.3 is 0 Å². The number of carbonyl (C=O) groups is 1. The highest BCUT2D eigenvalue weighted by molar-refractivity contribution is 5.95. The zero-order valence-electron chi connectivity index (χ0n) is 9.47. The van der Waals surface area contributed by atoms with Crippen LogP contribution in [0.2, 0.25) is 0 Å². The van der Waals surface area contributed by atoms with Crippen molar-refractivity contribution in [3.05, 3.63) is 30.1 Å². The van der Waals surface area contributed by atoms with Crippen LogP contribution in [0.15, 0.2) is 24.5 Å². The maximum absolute atomic E-state index is 10.9. The summed E-state index contributed by atoms with van der Waals surface area (Å²) < 4.78 is 1.98. The molecule has 4 heteroatoms. The number of aromatic nitrogens is 2. The molecule has 2 heterocycles. The average molecular weight is 227 g/mol. The van der Waals surface area contributed by atoms with Crippen molar-refractivity contribution in [3.8, 4) is 6.07 Å². The molecule has 0 radical (unpaired) electrons. The first kappa shape index (κ1) is 11.3. The summed E-state index contributed by atoms with van der Waals surface area (Å²) in [6.07, 6.45) is 6.79. The Hall–Kier alpha value is -2.15. The number of hydrogen-bond acceptors (Lipinski definition) is 3. The Kier molecular flexibility index (Phi) is 3.51. The molecule has 2 aromatic rings. The molecular formula is C13H13N3O. The lowest BCUT2D eigenvalue weighted by atomic mass is 10.2. The van der Waals surface area contributed by atoms with Crippen molar-refractivity contribution < 1.29 is 4.79 Å². The van der Waals surface area contributed by atoms with E-state index in [0.717, 1.165) is 36.7 Å². The molecule has 0 aromatic carbocycles. The van der Waals surface area contributed by atoms with Crippen LogP contribution in [-0.2, 0) is 6.54 Å². The Labute approximate surface area is 99.5 Å². The maximum atomic E-state index is 10.9. The summed E-state index contributed by atoms with van der Waals surface area (Å²) in [4.78, 5) is 15.2. The fraction of sp³-hybridized carbons (Fsp3) is 0.308. The minimum Gasteiger partial charge on any atom is -0.332 e. The zero-order valence-corrected chi connectivity index (χ0v) is 9.47. The summed E-state index contributed by atoms with van der Waals surface area (Å²) in [5.41, 5.74) is 1.51. The molecule has 0 amide bonds.